The molecule has 5 heteroatoms. The van der Waals surface area contributed by atoms with E-state index in [9.17, 15) is 5.11 Å². The Balaban J connectivity index is 2.02. The quantitative estimate of drug-likeness (QED) is 0.533. The van der Waals surface area contributed by atoms with Crippen LogP contribution in [0.2, 0.25) is 0 Å². The Bertz CT molecular complexity index is 574. The van der Waals surface area contributed by atoms with Gasteiger partial charge in [-0.3, -0.25) is 0 Å². The summed E-state index contributed by atoms with van der Waals surface area (Å²) in [5.41, 5.74) is 4.62. The maximum absolute atomic E-state index is 9.23. The molecule has 0 spiro atoms. The Labute approximate surface area is 162 Å². The van der Waals surface area contributed by atoms with Crippen LogP contribution in [0.4, 0.5) is 11.4 Å². The lowest BCUT2D eigenvalue weighted by Crippen LogP contribution is -2.29. The molecule has 5 nitrogen and oxygen atoms in total. The molecule has 0 aliphatic carbocycles. The van der Waals surface area contributed by atoms with Gasteiger partial charge in [0.15, 0.2) is 0 Å². The van der Waals surface area contributed by atoms with Crippen LogP contribution in [0, 0.1) is 0 Å². The first kappa shape index (κ1) is 21.2. The minimum absolute atomic E-state index is 0.0689. The number of nitrogens with zero attached hydrogens (tertiary/aromatic N) is 2. The second-order valence-corrected chi connectivity index (χ2v) is 6.65. The van der Waals surface area contributed by atoms with Crippen molar-refractivity contribution in [2.24, 2.45) is 0 Å². The Hall–Kier alpha value is -2.08. The minimum atomic E-state index is 0.0689. The van der Waals surface area contributed by atoms with Crippen LogP contribution in [-0.4, -0.2) is 61.3 Å². The predicted molar refractivity (Wildman–Crippen MR) is 112 cm³/mol. The van der Waals surface area contributed by atoms with Crippen LogP contribution in [0.1, 0.15) is 24.5 Å². The average molecular weight is 373 g/mol. The number of hydrogen-bond acceptors (Lipinski definition) is 5. The molecule has 2 aromatic rings. The van der Waals surface area contributed by atoms with Crippen molar-refractivity contribution in [2.45, 2.75) is 19.8 Å². The van der Waals surface area contributed by atoms with Crippen molar-refractivity contribution in [3.8, 4) is 0 Å². The highest BCUT2D eigenvalue weighted by Crippen LogP contribution is 2.20. The Morgan fingerprint density at radius 3 is 1.30 bits per heavy atom. The molecule has 0 aliphatic heterocycles. The zero-order valence-electron chi connectivity index (χ0n) is 16.2. The molecule has 2 rings (SSSR count). The lowest BCUT2D eigenvalue weighted by atomic mass is 10.0. The fourth-order valence-electron chi connectivity index (χ4n) is 3.26. The molecular weight excluding hydrogens is 340 g/mol. The Morgan fingerprint density at radius 1 is 0.593 bits per heavy atom. The summed E-state index contributed by atoms with van der Waals surface area (Å²) in [5.74, 6) is 0. The van der Waals surface area contributed by atoms with E-state index in [2.05, 4.69) is 48.2 Å². The van der Waals surface area contributed by atoms with Gasteiger partial charge >= 0.3 is 0 Å². The predicted octanol–water partition coefficient (Wildman–Crippen LogP) is 2.28. The van der Waals surface area contributed by atoms with Crippen molar-refractivity contribution in [3.63, 3.8) is 0 Å². The second-order valence-electron chi connectivity index (χ2n) is 6.65. The monoisotopic (exact) mass is 372 g/mol. The molecule has 0 atom stereocenters. The number of aliphatic hydroxyl groups is 3. The molecule has 0 unspecified atom stereocenters. The van der Waals surface area contributed by atoms with Gasteiger partial charge in [-0.15, -0.1) is 0 Å². The summed E-state index contributed by atoms with van der Waals surface area (Å²) in [7, 11) is 0. The maximum Gasteiger partial charge on any atom is 0.0606 e. The molecule has 0 heterocycles. The van der Waals surface area contributed by atoms with Crippen molar-refractivity contribution in [1.82, 2.24) is 0 Å². The van der Waals surface area contributed by atoms with Crippen LogP contribution in [-0.2, 0) is 6.42 Å². The molecule has 0 bridgehead atoms. The molecule has 0 fully saturated rings. The van der Waals surface area contributed by atoms with Crippen LogP contribution in [0.5, 0.6) is 0 Å². The number of anilines is 2. The van der Waals surface area contributed by atoms with Crippen molar-refractivity contribution in [3.05, 3.63) is 59.7 Å². The van der Waals surface area contributed by atoms with E-state index in [1.54, 1.807) is 0 Å². The summed E-state index contributed by atoms with van der Waals surface area (Å²) in [5, 5.41) is 27.6. The number of rotatable bonds is 12. The summed E-state index contributed by atoms with van der Waals surface area (Å²) in [6.45, 7) is 5.08. The SMILES string of the molecule is CCCN(CCO)c1ccc(Cc2ccc(N(CCO)CCO)cc2)cc1. The van der Waals surface area contributed by atoms with Crippen molar-refractivity contribution >= 4 is 11.4 Å². The highest BCUT2D eigenvalue weighted by Gasteiger charge is 2.07. The minimum Gasteiger partial charge on any atom is -0.395 e. The third-order valence-corrected chi connectivity index (χ3v) is 4.61. The molecule has 2 aromatic carbocycles. The summed E-state index contributed by atoms with van der Waals surface area (Å²) < 4.78 is 0. The first-order valence-electron chi connectivity index (χ1n) is 9.72. The van der Waals surface area contributed by atoms with Gasteiger partial charge in [-0.25, -0.2) is 0 Å². The lowest BCUT2D eigenvalue weighted by molar-refractivity contribution is 0.281. The first-order valence-corrected chi connectivity index (χ1v) is 9.72. The number of hydrogen-bond donors (Lipinski definition) is 3. The molecule has 0 amide bonds. The summed E-state index contributed by atoms with van der Waals surface area (Å²) in [6.07, 6.45) is 1.91. The van der Waals surface area contributed by atoms with Gasteiger partial charge in [-0.2, -0.15) is 0 Å². The maximum atomic E-state index is 9.23. The van der Waals surface area contributed by atoms with Crippen LogP contribution in [0.3, 0.4) is 0 Å². The second kappa shape index (κ2) is 11.6. The molecule has 148 valence electrons. The van der Waals surface area contributed by atoms with Gasteiger partial charge in [0.1, 0.15) is 0 Å². The molecular formula is C22H32N2O3. The number of benzene rings is 2. The van der Waals surface area contributed by atoms with Crippen molar-refractivity contribution < 1.29 is 15.3 Å². The zero-order chi connectivity index (χ0) is 19.5. The van der Waals surface area contributed by atoms with E-state index in [0.717, 1.165) is 30.8 Å². The molecule has 0 saturated heterocycles. The van der Waals surface area contributed by atoms with E-state index < -0.39 is 0 Å². The van der Waals surface area contributed by atoms with E-state index in [1.165, 1.54) is 11.1 Å². The summed E-state index contributed by atoms with van der Waals surface area (Å²) >= 11 is 0. The van der Waals surface area contributed by atoms with Crippen molar-refractivity contribution in [2.75, 3.05) is 55.8 Å². The Morgan fingerprint density at radius 2 is 0.963 bits per heavy atom. The third-order valence-electron chi connectivity index (χ3n) is 4.61. The van der Waals surface area contributed by atoms with Crippen LogP contribution < -0.4 is 9.80 Å². The smallest absolute Gasteiger partial charge is 0.0606 e. The molecule has 0 saturated carbocycles. The molecule has 0 aliphatic rings. The fraction of sp³-hybridized carbons (Fsp3) is 0.455. The standard InChI is InChI=1S/C22H32N2O3/c1-2-11-23(12-15-25)21-7-3-19(4-8-21)18-20-5-9-22(10-6-20)24(13-16-26)14-17-27/h3-10,25-27H,2,11-18H2,1H3. The van der Waals surface area contributed by atoms with E-state index in [-0.39, 0.29) is 19.8 Å². The third kappa shape index (κ3) is 6.54. The largest absolute Gasteiger partial charge is 0.395 e. The Kier molecular flexibility index (Phi) is 9.11. The summed E-state index contributed by atoms with van der Waals surface area (Å²) in [4.78, 5) is 4.18. The highest BCUT2D eigenvalue weighted by atomic mass is 16.3. The molecule has 27 heavy (non-hydrogen) atoms. The van der Waals surface area contributed by atoms with Crippen LogP contribution in [0.25, 0.3) is 0 Å². The normalized spacial score (nSPS) is 10.8. The van der Waals surface area contributed by atoms with Gasteiger partial charge in [0.25, 0.3) is 0 Å². The molecule has 0 aromatic heterocycles. The van der Waals surface area contributed by atoms with Gasteiger partial charge in [-0.1, -0.05) is 31.2 Å². The van der Waals surface area contributed by atoms with Gasteiger partial charge in [0.05, 0.1) is 19.8 Å². The molecule has 3 N–H and O–H groups in total. The van der Waals surface area contributed by atoms with E-state index in [1.807, 2.05) is 17.0 Å². The van der Waals surface area contributed by atoms with Gasteiger partial charge < -0.3 is 25.1 Å². The lowest BCUT2D eigenvalue weighted by Gasteiger charge is -2.23. The van der Waals surface area contributed by atoms with Crippen LogP contribution in [0.15, 0.2) is 48.5 Å². The number of aliphatic hydroxyl groups excluding tert-OH is 3. The summed E-state index contributed by atoms with van der Waals surface area (Å²) in [6, 6.07) is 16.8. The van der Waals surface area contributed by atoms with Gasteiger partial charge in [0, 0.05) is 37.6 Å². The van der Waals surface area contributed by atoms with E-state index >= 15 is 0 Å². The van der Waals surface area contributed by atoms with E-state index in [0.29, 0.717) is 19.6 Å². The zero-order valence-corrected chi connectivity index (χ0v) is 16.2. The van der Waals surface area contributed by atoms with Crippen LogP contribution >= 0.6 is 0 Å². The molecule has 0 radical (unpaired) electrons. The highest BCUT2D eigenvalue weighted by molar-refractivity contribution is 5.50. The van der Waals surface area contributed by atoms with Gasteiger partial charge in [0.2, 0.25) is 0 Å². The van der Waals surface area contributed by atoms with E-state index in [4.69, 9.17) is 10.2 Å². The van der Waals surface area contributed by atoms with Crippen molar-refractivity contribution in [1.29, 1.82) is 0 Å². The first-order chi connectivity index (χ1) is 13.2. The fourth-order valence-corrected chi connectivity index (χ4v) is 3.26. The van der Waals surface area contributed by atoms with Gasteiger partial charge in [-0.05, 0) is 48.2 Å². The average Bonchev–Trinajstić information content (AvgIpc) is 2.69. The topological polar surface area (TPSA) is 67.2 Å².